The van der Waals surface area contributed by atoms with Gasteiger partial charge in [0.1, 0.15) is 0 Å². The Bertz CT molecular complexity index is 1130. The molecule has 1 saturated heterocycles. The molecule has 3 aromatic rings. The quantitative estimate of drug-likeness (QED) is 0.514. The third kappa shape index (κ3) is 4.72. The van der Waals surface area contributed by atoms with E-state index in [-0.39, 0.29) is 23.5 Å². The van der Waals surface area contributed by atoms with Gasteiger partial charge in [-0.25, -0.2) is 13.1 Å². The molecular weight excluding hydrogens is 402 g/mol. The third-order valence-electron chi connectivity index (χ3n) is 5.29. The maximum absolute atomic E-state index is 12.6. The number of aromatic nitrogens is 1. The molecule has 8 heteroatoms. The second-order valence-electron chi connectivity index (χ2n) is 7.38. The third-order valence-corrected chi connectivity index (χ3v) is 6.71. The molecule has 7 nitrogen and oxygen atoms in total. The Balaban J connectivity index is 1.36. The summed E-state index contributed by atoms with van der Waals surface area (Å²) in [7, 11) is -3.70. The smallest absolute Gasteiger partial charge is 0.251 e. The molecule has 1 aliphatic rings. The van der Waals surface area contributed by atoms with Crippen LogP contribution >= 0.6 is 0 Å². The molecule has 0 saturated carbocycles. The van der Waals surface area contributed by atoms with Crippen molar-refractivity contribution < 1.29 is 17.9 Å². The standard InChI is InChI=1S/C22H25N3O4S/c26-22(23-11-10-17-14-24-21-9-2-1-8-20(17)21)16-5-3-7-19(13-16)30(27,28)25-15-18-6-4-12-29-18/h1-3,5,7-9,13-14,18,24-25H,4,6,10-12,15H2,(H,23,26)/t18-/m0/s1. The molecule has 0 radical (unpaired) electrons. The lowest BCUT2D eigenvalue weighted by atomic mass is 10.1. The van der Waals surface area contributed by atoms with E-state index >= 15 is 0 Å². The minimum Gasteiger partial charge on any atom is -0.377 e. The number of nitrogens with one attached hydrogen (secondary N) is 3. The van der Waals surface area contributed by atoms with Crippen molar-refractivity contribution in [2.24, 2.45) is 0 Å². The van der Waals surface area contributed by atoms with E-state index in [0.717, 1.165) is 29.3 Å². The van der Waals surface area contributed by atoms with Crippen LogP contribution in [0.25, 0.3) is 10.9 Å². The van der Waals surface area contributed by atoms with Crippen LogP contribution in [0.1, 0.15) is 28.8 Å². The van der Waals surface area contributed by atoms with Gasteiger partial charge in [0.05, 0.1) is 11.0 Å². The van der Waals surface area contributed by atoms with Crippen molar-refractivity contribution in [1.29, 1.82) is 0 Å². The molecule has 3 N–H and O–H groups in total. The molecule has 1 aliphatic heterocycles. The minimum absolute atomic E-state index is 0.0739. The number of rotatable bonds is 8. The second kappa shape index (κ2) is 8.99. The molecule has 0 spiro atoms. The summed E-state index contributed by atoms with van der Waals surface area (Å²) >= 11 is 0. The Kier molecular flexibility index (Phi) is 6.17. The van der Waals surface area contributed by atoms with Crippen LogP contribution in [0, 0.1) is 0 Å². The predicted octanol–water partition coefficient (Wildman–Crippen LogP) is 2.60. The number of amides is 1. The van der Waals surface area contributed by atoms with Gasteiger partial charge in [-0.2, -0.15) is 0 Å². The average Bonchev–Trinajstić information content (AvgIpc) is 3.43. The topological polar surface area (TPSA) is 100 Å². The molecular formula is C22H25N3O4S. The number of sulfonamides is 1. The monoisotopic (exact) mass is 427 g/mol. The van der Waals surface area contributed by atoms with Crippen LogP contribution in [0.4, 0.5) is 0 Å². The molecule has 0 aliphatic carbocycles. The van der Waals surface area contributed by atoms with Crippen LogP contribution in [0.2, 0.25) is 0 Å². The first kappa shape index (κ1) is 20.6. The van der Waals surface area contributed by atoms with Crippen LogP contribution in [-0.4, -0.2) is 45.1 Å². The normalized spacial score (nSPS) is 16.7. The zero-order valence-corrected chi connectivity index (χ0v) is 17.4. The number of aromatic amines is 1. The van der Waals surface area contributed by atoms with E-state index in [1.165, 1.54) is 12.1 Å². The van der Waals surface area contributed by atoms with E-state index < -0.39 is 10.0 Å². The number of carbonyl (C=O) groups is 1. The minimum atomic E-state index is -3.70. The second-order valence-corrected chi connectivity index (χ2v) is 9.15. The number of hydrogen-bond acceptors (Lipinski definition) is 4. The van der Waals surface area contributed by atoms with Crippen LogP contribution in [0.15, 0.2) is 59.6 Å². The van der Waals surface area contributed by atoms with Crippen molar-refractivity contribution in [2.45, 2.75) is 30.3 Å². The molecule has 2 aromatic carbocycles. The van der Waals surface area contributed by atoms with Crippen molar-refractivity contribution in [3.63, 3.8) is 0 Å². The number of ether oxygens (including phenoxy) is 1. The average molecular weight is 428 g/mol. The fourth-order valence-electron chi connectivity index (χ4n) is 3.65. The molecule has 0 bridgehead atoms. The highest BCUT2D eigenvalue weighted by atomic mass is 32.2. The number of fused-ring (bicyclic) bond motifs is 1. The largest absolute Gasteiger partial charge is 0.377 e. The Labute approximate surface area is 175 Å². The lowest BCUT2D eigenvalue weighted by Crippen LogP contribution is -2.32. The SMILES string of the molecule is O=C(NCCc1c[nH]c2ccccc12)c1cccc(S(=O)(=O)NC[C@@H]2CCCO2)c1. The molecule has 1 amide bonds. The number of carbonyl (C=O) groups excluding carboxylic acids is 1. The van der Waals surface area contributed by atoms with Crippen molar-refractivity contribution in [3.05, 3.63) is 65.9 Å². The lowest BCUT2D eigenvalue weighted by Gasteiger charge is -2.12. The molecule has 2 heterocycles. The number of benzene rings is 2. The molecule has 1 fully saturated rings. The van der Waals surface area contributed by atoms with Gasteiger partial charge in [-0.05, 0) is 49.1 Å². The van der Waals surface area contributed by atoms with Gasteiger partial charge in [-0.3, -0.25) is 4.79 Å². The van der Waals surface area contributed by atoms with Crippen LogP contribution in [0.3, 0.4) is 0 Å². The van der Waals surface area contributed by atoms with Gasteiger partial charge < -0.3 is 15.0 Å². The van der Waals surface area contributed by atoms with Gasteiger partial charge in [-0.1, -0.05) is 24.3 Å². The fourth-order valence-corrected chi connectivity index (χ4v) is 4.76. The molecule has 1 aromatic heterocycles. The van der Waals surface area contributed by atoms with Crippen molar-refractivity contribution in [3.8, 4) is 0 Å². The number of H-pyrrole nitrogens is 1. The van der Waals surface area contributed by atoms with Crippen molar-refractivity contribution >= 4 is 26.8 Å². The highest BCUT2D eigenvalue weighted by molar-refractivity contribution is 7.89. The van der Waals surface area contributed by atoms with Gasteiger partial charge in [0.25, 0.3) is 5.91 Å². The summed E-state index contributed by atoms with van der Waals surface area (Å²) in [6.45, 7) is 1.36. The van der Waals surface area contributed by atoms with E-state index in [0.29, 0.717) is 25.1 Å². The van der Waals surface area contributed by atoms with Crippen LogP contribution in [0.5, 0.6) is 0 Å². The summed E-state index contributed by atoms with van der Waals surface area (Å²) in [5, 5.41) is 4.01. The van der Waals surface area contributed by atoms with Crippen molar-refractivity contribution in [2.75, 3.05) is 19.7 Å². The zero-order valence-electron chi connectivity index (χ0n) is 16.6. The van der Waals surface area contributed by atoms with Gasteiger partial charge in [0.2, 0.25) is 10.0 Å². The highest BCUT2D eigenvalue weighted by Gasteiger charge is 2.21. The van der Waals surface area contributed by atoms with Gasteiger partial charge >= 0.3 is 0 Å². The Morgan fingerprint density at radius 3 is 2.87 bits per heavy atom. The first-order valence-electron chi connectivity index (χ1n) is 10.1. The summed E-state index contributed by atoms with van der Waals surface area (Å²) in [4.78, 5) is 15.8. The summed E-state index contributed by atoms with van der Waals surface area (Å²) in [6, 6.07) is 14.1. The highest BCUT2D eigenvalue weighted by Crippen LogP contribution is 2.18. The van der Waals surface area contributed by atoms with Gasteiger partial charge in [0, 0.05) is 42.4 Å². The lowest BCUT2D eigenvalue weighted by molar-refractivity contribution is 0.0954. The molecule has 30 heavy (non-hydrogen) atoms. The Morgan fingerprint density at radius 1 is 1.17 bits per heavy atom. The number of hydrogen-bond donors (Lipinski definition) is 3. The molecule has 1 atom stereocenters. The molecule has 0 unspecified atom stereocenters. The van der Waals surface area contributed by atoms with Gasteiger partial charge in [-0.15, -0.1) is 0 Å². The van der Waals surface area contributed by atoms with E-state index in [9.17, 15) is 13.2 Å². The maximum Gasteiger partial charge on any atom is 0.251 e. The summed E-state index contributed by atoms with van der Waals surface area (Å²) in [5.41, 5.74) is 2.50. The molecule has 4 rings (SSSR count). The fraction of sp³-hybridized carbons (Fsp3) is 0.318. The van der Waals surface area contributed by atoms with E-state index in [1.54, 1.807) is 12.1 Å². The Hall–Kier alpha value is -2.68. The predicted molar refractivity (Wildman–Crippen MR) is 115 cm³/mol. The maximum atomic E-state index is 12.6. The number of para-hydroxylation sites is 1. The van der Waals surface area contributed by atoms with Gasteiger partial charge in [0.15, 0.2) is 0 Å². The Morgan fingerprint density at radius 2 is 2.03 bits per heavy atom. The summed E-state index contributed by atoms with van der Waals surface area (Å²) in [5.74, 6) is -0.300. The van der Waals surface area contributed by atoms with E-state index in [4.69, 9.17) is 4.74 Å². The van der Waals surface area contributed by atoms with E-state index in [1.807, 2.05) is 30.5 Å². The van der Waals surface area contributed by atoms with Crippen LogP contribution in [-0.2, 0) is 21.2 Å². The van der Waals surface area contributed by atoms with Crippen molar-refractivity contribution in [1.82, 2.24) is 15.0 Å². The first-order chi connectivity index (χ1) is 14.5. The summed E-state index contributed by atoms with van der Waals surface area (Å²) < 4.78 is 33.1. The zero-order chi connectivity index (χ0) is 21.0. The molecule has 158 valence electrons. The van der Waals surface area contributed by atoms with E-state index in [2.05, 4.69) is 15.0 Å². The summed E-state index contributed by atoms with van der Waals surface area (Å²) in [6.07, 6.45) is 4.33. The first-order valence-corrected chi connectivity index (χ1v) is 11.6. The van der Waals surface area contributed by atoms with Crippen LogP contribution < -0.4 is 10.0 Å².